The molecule has 23 heavy (non-hydrogen) atoms. The summed E-state index contributed by atoms with van der Waals surface area (Å²) in [5.41, 5.74) is 10.5. The molecule has 1 atom stereocenters. The van der Waals surface area contributed by atoms with Gasteiger partial charge in [0.2, 0.25) is 0 Å². The van der Waals surface area contributed by atoms with Crippen LogP contribution in [0, 0.1) is 11.3 Å². The van der Waals surface area contributed by atoms with Crippen molar-refractivity contribution in [3.63, 3.8) is 0 Å². The Balaban J connectivity index is 2.35. The normalized spacial score (nSPS) is 12.9. The number of nitriles is 1. The van der Waals surface area contributed by atoms with Crippen molar-refractivity contribution in [2.45, 2.75) is 12.5 Å². The summed E-state index contributed by atoms with van der Waals surface area (Å²) >= 11 is 0. The molecule has 0 saturated carbocycles. The summed E-state index contributed by atoms with van der Waals surface area (Å²) in [4.78, 5) is 7.43. The van der Waals surface area contributed by atoms with E-state index < -0.39 is 5.54 Å². The van der Waals surface area contributed by atoms with Crippen LogP contribution >= 0.6 is 0 Å². The molecule has 0 fully saturated rings. The minimum Gasteiger partial charge on any atom is -0.237 e. The lowest BCUT2D eigenvalue weighted by molar-refractivity contribution is 0.594. The number of benzene rings is 2. The highest BCUT2D eigenvalue weighted by molar-refractivity contribution is 5.80. The van der Waals surface area contributed by atoms with E-state index in [1.54, 1.807) is 6.92 Å². The summed E-state index contributed by atoms with van der Waals surface area (Å²) in [6, 6.07) is 21.0. The average molecular weight is 299 g/mol. The molecule has 0 saturated heterocycles. The monoisotopic (exact) mass is 299 g/mol. The smallest absolute Gasteiger partial charge is 0.145 e. The molecule has 0 N–H and O–H groups in total. The largest absolute Gasteiger partial charge is 0.237 e. The minimum atomic E-state index is -1.00. The highest BCUT2D eigenvalue weighted by Crippen LogP contribution is 2.36. The van der Waals surface area contributed by atoms with Crippen LogP contribution in [0.5, 0.6) is 0 Å². The summed E-state index contributed by atoms with van der Waals surface area (Å²) in [6.07, 6.45) is 0. The van der Waals surface area contributed by atoms with Gasteiger partial charge in [-0.3, -0.25) is 0 Å². The summed E-state index contributed by atoms with van der Waals surface area (Å²) in [6.45, 7) is 1.80. The van der Waals surface area contributed by atoms with Gasteiger partial charge in [-0.25, -0.2) is 4.98 Å². The number of rotatable bonds is 3. The summed E-state index contributed by atoms with van der Waals surface area (Å²) in [5.74, 6) is 0. The predicted octanol–water partition coefficient (Wildman–Crippen LogP) is 4.68. The van der Waals surface area contributed by atoms with E-state index in [2.05, 4.69) is 21.1 Å². The Hall–Kier alpha value is -3.35. The molecule has 0 aliphatic carbocycles. The Bertz CT molecular complexity index is 952. The van der Waals surface area contributed by atoms with Crippen molar-refractivity contribution in [2.24, 2.45) is 5.11 Å². The van der Waals surface area contributed by atoms with Gasteiger partial charge in [0.05, 0.1) is 11.1 Å². The number of aromatic nitrogens is 1. The highest BCUT2D eigenvalue weighted by Gasteiger charge is 2.31. The van der Waals surface area contributed by atoms with Gasteiger partial charge in [0, 0.05) is 15.9 Å². The molecule has 1 unspecified atom stereocenters. The van der Waals surface area contributed by atoms with Crippen molar-refractivity contribution < 1.29 is 0 Å². The van der Waals surface area contributed by atoms with E-state index in [1.807, 2.05) is 60.7 Å². The Morgan fingerprint density at radius 1 is 1.13 bits per heavy atom. The van der Waals surface area contributed by atoms with Gasteiger partial charge >= 0.3 is 0 Å². The van der Waals surface area contributed by atoms with Gasteiger partial charge in [0.1, 0.15) is 11.8 Å². The van der Waals surface area contributed by atoms with Crippen LogP contribution in [0.15, 0.2) is 65.8 Å². The summed E-state index contributed by atoms with van der Waals surface area (Å²) < 4.78 is 0. The van der Waals surface area contributed by atoms with E-state index in [9.17, 15) is 5.26 Å². The van der Waals surface area contributed by atoms with E-state index in [4.69, 9.17) is 5.53 Å². The first-order valence-corrected chi connectivity index (χ1v) is 7.11. The lowest BCUT2D eigenvalue weighted by Crippen LogP contribution is -2.22. The van der Waals surface area contributed by atoms with Crippen LogP contribution in [-0.4, -0.2) is 4.98 Å². The van der Waals surface area contributed by atoms with Gasteiger partial charge in [-0.2, -0.15) is 5.26 Å². The van der Waals surface area contributed by atoms with Crippen LogP contribution in [0.1, 0.15) is 23.7 Å². The fourth-order valence-corrected chi connectivity index (χ4v) is 2.69. The number of hydrogen-bond donors (Lipinski definition) is 0. The maximum absolute atomic E-state index is 9.51. The number of nitrogens with zero attached hydrogens (tertiary/aromatic N) is 5. The average Bonchev–Trinajstić information content (AvgIpc) is 2.61. The van der Waals surface area contributed by atoms with Crippen molar-refractivity contribution in [3.05, 3.63) is 87.9 Å². The van der Waals surface area contributed by atoms with Crippen LogP contribution in [0.3, 0.4) is 0 Å². The van der Waals surface area contributed by atoms with E-state index >= 15 is 0 Å². The molecule has 0 aliphatic rings. The second-order valence-electron chi connectivity index (χ2n) is 5.32. The van der Waals surface area contributed by atoms with Crippen LogP contribution in [0.25, 0.3) is 21.3 Å². The second kappa shape index (κ2) is 5.80. The molecule has 110 valence electrons. The van der Waals surface area contributed by atoms with Gasteiger partial charge in [0.15, 0.2) is 0 Å². The van der Waals surface area contributed by atoms with E-state index in [0.29, 0.717) is 5.56 Å². The molecule has 1 aromatic heterocycles. The molecule has 0 amide bonds. The molecular formula is C18H13N5. The van der Waals surface area contributed by atoms with Crippen molar-refractivity contribution in [3.8, 4) is 6.07 Å². The highest BCUT2D eigenvalue weighted by atomic mass is 15.2. The van der Waals surface area contributed by atoms with E-state index in [1.165, 1.54) is 0 Å². The first-order valence-electron chi connectivity index (χ1n) is 7.11. The van der Waals surface area contributed by atoms with E-state index in [0.717, 1.165) is 16.5 Å². The van der Waals surface area contributed by atoms with Gasteiger partial charge in [-0.15, -0.1) is 0 Å². The van der Waals surface area contributed by atoms with Crippen LogP contribution in [0.4, 0.5) is 0 Å². The number of pyridine rings is 1. The number of para-hydroxylation sites is 1. The lowest BCUT2D eigenvalue weighted by Gasteiger charge is -2.26. The second-order valence-corrected chi connectivity index (χ2v) is 5.32. The molecule has 1 heterocycles. The first-order chi connectivity index (χ1) is 11.2. The topological polar surface area (TPSA) is 85.4 Å². The molecule has 0 aliphatic heterocycles. The Kier molecular flexibility index (Phi) is 3.68. The van der Waals surface area contributed by atoms with Crippen molar-refractivity contribution in [2.75, 3.05) is 0 Å². The zero-order valence-corrected chi connectivity index (χ0v) is 12.5. The number of azide groups is 1. The van der Waals surface area contributed by atoms with Gasteiger partial charge in [0.25, 0.3) is 0 Å². The van der Waals surface area contributed by atoms with Gasteiger partial charge in [-0.1, -0.05) is 53.6 Å². The molecule has 5 heteroatoms. The quantitative estimate of drug-likeness (QED) is 0.399. The van der Waals surface area contributed by atoms with Gasteiger partial charge in [-0.05, 0) is 30.2 Å². The Labute approximate surface area is 133 Å². The van der Waals surface area contributed by atoms with Crippen LogP contribution in [-0.2, 0) is 5.54 Å². The molecule has 0 spiro atoms. The Morgan fingerprint density at radius 2 is 1.83 bits per heavy atom. The molecule has 0 radical (unpaired) electrons. The molecule has 2 aromatic carbocycles. The molecule has 3 aromatic rings. The standard InChI is InChI=1S/C18H13N5/c1-18(22-23-20,14-8-3-2-4-9-14)15-11-13-7-5-6-10-16(13)21-17(15)12-19/h2-11H,1H3. The predicted molar refractivity (Wildman–Crippen MR) is 88.5 cm³/mol. The van der Waals surface area contributed by atoms with Crippen molar-refractivity contribution in [1.82, 2.24) is 4.98 Å². The fraction of sp³-hybridized carbons (Fsp3) is 0.111. The van der Waals surface area contributed by atoms with Gasteiger partial charge < -0.3 is 0 Å². The zero-order chi connectivity index (χ0) is 16.3. The SMILES string of the molecule is CC(N=[N+]=[N-])(c1ccccc1)c1cc2ccccc2nc1C#N. The van der Waals surface area contributed by atoms with Crippen molar-refractivity contribution >= 4 is 10.9 Å². The first kappa shape index (κ1) is 14.6. The van der Waals surface area contributed by atoms with Crippen LogP contribution < -0.4 is 0 Å². The third-order valence-electron chi connectivity index (χ3n) is 3.93. The van der Waals surface area contributed by atoms with E-state index in [-0.39, 0.29) is 5.69 Å². The third kappa shape index (κ3) is 2.48. The third-order valence-corrected chi connectivity index (χ3v) is 3.93. The molecular weight excluding hydrogens is 286 g/mol. The van der Waals surface area contributed by atoms with Crippen molar-refractivity contribution in [1.29, 1.82) is 5.26 Å². The fourth-order valence-electron chi connectivity index (χ4n) is 2.69. The van der Waals surface area contributed by atoms with Crippen LogP contribution in [0.2, 0.25) is 0 Å². The summed E-state index contributed by atoms with van der Waals surface area (Å²) in [5, 5.41) is 14.4. The molecule has 3 rings (SSSR count). The molecule has 0 bridgehead atoms. The maximum Gasteiger partial charge on any atom is 0.145 e. The minimum absolute atomic E-state index is 0.266. The Morgan fingerprint density at radius 3 is 2.52 bits per heavy atom. The molecule has 5 nitrogen and oxygen atoms in total. The summed E-state index contributed by atoms with van der Waals surface area (Å²) in [7, 11) is 0. The number of hydrogen-bond acceptors (Lipinski definition) is 3. The number of fused-ring (bicyclic) bond motifs is 1. The maximum atomic E-state index is 9.51. The lowest BCUT2D eigenvalue weighted by atomic mass is 9.84. The zero-order valence-electron chi connectivity index (χ0n) is 12.5.